The Morgan fingerprint density at radius 1 is 1.38 bits per heavy atom. The Bertz CT molecular complexity index is 779. The van der Waals surface area contributed by atoms with E-state index < -0.39 is 5.97 Å². The Kier molecular flexibility index (Phi) is 3.14. The average molecular weight is 286 g/mol. The highest BCUT2D eigenvalue weighted by atomic mass is 16.5. The molecule has 3 aromatic rings. The van der Waals surface area contributed by atoms with Crippen LogP contribution in [0.4, 0.5) is 0 Å². The van der Waals surface area contributed by atoms with Crippen LogP contribution in [-0.2, 0) is 6.54 Å². The molecule has 0 aliphatic rings. The fourth-order valence-corrected chi connectivity index (χ4v) is 1.90. The molecule has 9 heteroatoms. The maximum Gasteiger partial charge on any atom is 0.358 e. The predicted octanol–water partition coefficient (Wildman–Crippen LogP) is 0.778. The molecule has 0 fully saturated rings. The quantitative estimate of drug-likeness (QED) is 0.747. The molecule has 0 bridgehead atoms. The Hall–Kier alpha value is -3.10. The van der Waals surface area contributed by atoms with Gasteiger partial charge >= 0.3 is 5.97 Å². The normalized spacial score (nSPS) is 10.7. The standard InChI is InChI=1S/C12H10N6O3/c1-7-14-9(16-21-7)6-18-11(8-2-4-13-5-3-8)10(12(19)20)15-17-18/h2-5H,6H2,1H3,(H,19,20). The first kappa shape index (κ1) is 12.9. The highest BCUT2D eigenvalue weighted by Crippen LogP contribution is 2.22. The number of nitrogens with zero attached hydrogens (tertiary/aromatic N) is 6. The van der Waals surface area contributed by atoms with Gasteiger partial charge in [-0.15, -0.1) is 5.10 Å². The van der Waals surface area contributed by atoms with Gasteiger partial charge in [-0.2, -0.15) is 4.98 Å². The molecule has 0 aliphatic heterocycles. The van der Waals surface area contributed by atoms with Crippen LogP contribution < -0.4 is 0 Å². The number of hydrogen-bond donors (Lipinski definition) is 1. The van der Waals surface area contributed by atoms with Gasteiger partial charge in [-0.25, -0.2) is 9.48 Å². The summed E-state index contributed by atoms with van der Waals surface area (Å²) >= 11 is 0. The first-order valence-corrected chi connectivity index (χ1v) is 6.01. The van der Waals surface area contributed by atoms with Crippen LogP contribution in [0, 0.1) is 6.92 Å². The van der Waals surface area contributed by atoms with Crippen molar-refractivity contribution in [3.8, 4) is 11.3 Å². The molecule has 0 saturated carbocycles. The van der Waals surface area contributed by atoms with Crippen molar-refractivity contribution in [1.82, 2.24) is 30.1 Å². The van der Waals surface area contributed by atoms with Crippen molar-refractivity contribution < 1.29 is 14.4 Å². The lowest BCUT2D eigenvalue weighted by molar-refractivity contribution is 0.0691. The van der Waals surface area contributed by atoms with E-state index >= 15 is 0 Å². The summed E-state index contributed by atoms with van der Waals surface area (Å²) in [4.78, 5) is 19.3. The van der Waals surface area contributed by atoms with Gasteiger partial charge in [0.25, 0.3) is 0 Å². The van der Waals surface area contributed by atoms with E-state index in [0.717, 1.165) is 0 Å². The van der Waals surface area contributed by atoms with Gasteiger partial charge in [0.15, 0.2) is 11.5 Å². The van der Waals surface area contributed by atoms with Gasteiger partial charge in [0.05, 0.1) is 0 Å². The Balaban J connectivity index is 2.07. The van der Waals surface area contributed by atoms with Crippen molar-refractivity contribution in [2.45, 2.75) is 13.5 Å². The third-order valence-corrected chi connectivity index (χ3v) is 2.75. The molecule has 0 aromatic carbocycles. The SMILES string of the molecule is Cc1nc(Cn2nnc(C(=O)O)c2-c2ccncc2)no1. The zero-order chi connectivity index (χ0) is 14.8. The Labute approximate surface area is 118 Å². The molecule has 9 nitrogen and oxygen atoms in total. The largest absolute Gasteiger partial charge is 0.476 e. The lowest BCUT2D eigenvalue weighted by Crippen LogP contribution is -2.07. The number of pyridine rings is 1. The molecule has 0 atom stereocenters. The number of hydrogen-bond acceptors (Lipinski definition) is 7. The monoisotopic (exact) mass is 286 g/mol. The van der Waals surface area contributed by atoms with Gasteiger partial charge < -0.3 is 9.63 Å². The maximum absolute atomic E-state index is 11.3. The Morgan fingerprint density at radius 3 is 2.76 bits per heavy atom. The van der Waals surface area contributed by atoms with E-state index in [2.05, 4.69) is 25.4 Å². The number of carboxylic acid groups (broad SMARTS) is 1. The van der Waals surface area contributed by atoms with E-state index in [9.17, 15) is 9.90 Å². The molecule has 0 saturated heterocycles. The van der Waals surface area contributed by atoms with Crippen LogP contribution in [-0.4, -0.2) is 41.2 Å². The zero-order valence-electron chi connectivity index (χ0n) is 11.0. The molecule has 3 rings (SSSR count). The zero-order valence-corrected chi connectivity index (χ0v) is 11.0. The summed E-state index contributed by atoms with van der Waals surface area (Å²) in [6.45, 7) is 1.83. The molecule has 3 heterocycles. The first-order chi connectivity index (χ1) is 10.1. The summed E-state index contributed by atoms with van der Waals surface area (Å²) in [5.74, 6) is -0.337. The minimum atomic E-state index is -1.16. The van der Waals surface area contributed by atoms with Gasteiger partial charge in [-0.05, 0) is 12.1 Å². The van der Waals surface area contributed by atoms with E-state index in [1.165, 1.54) is 4.68 Å². The topological polar surface area (TPSA) is 120 Å². The minimum Gasteiger partial charge on any atom is -0.476 e. The van der Waals surface area contributed by atoms with Crippen LogP contribution in [0.25, 0.3) is 11.3 Å². The summed E-state index contributed by atoms with van der Waals surface area (Å²) in [6, 6.07) is 3.37. The summed E-state index contributed by atoms with van der Waals surface area (Å²) < 4.78 is 6.31. The minimum absolute atomic E-state index is 0.138. The van der Waals surface area contributed by atoms with Crippen LogP contribution in [0.1, 0.15) is 22.2 Å². The fraction of sp³-hybridized carbons (Fsp3) is 0.167. The van der Waals surface area contributed by atoms with Crippen LogP contribution in [0.15, 0.2) is 29.0 Å². The van der Waals surface area contributed by atoms with Crippen LogP contribution >= 0.6 is 0 Å². The van der Waals surface area contributed by atoms with Gasteiger partial charge in [0.1, 0.15) is 12.2 Å². The molecule has 106 valence electrons. The van der Waals surface area contributed by atoms with Crippen molar-refractivity contribution >= 4 is 5.97 Å². The number of aromatic carboxylic acids is 1. The number of rotatable bonds is 4. The lowest BCUT2D eigenvalue weighted by Gasteiger charge is -2.04. The highest BCUT2D eigenvalue weighted by Gasteiger charge is 2.21. The van der Waals surface area contributed by atoms with Gasteiger partial charge in [0, 0.05) is 24.9 Å². The fourth-order valence-electron chi connectivity index (χ4n) is 1.90. The predicted molar refractivity (Wildman–Crippen MR) is 68.3 cm³/mol. The second-order valence-electron chi connectivity index (χ2n) is 4.21. The highest BCUT2D eigenvalue weighted by molar-refractivity contribution is 5.92. The number of aryl methyl sites for hydroxylation is 1. The molecule has 0 radical (unpaired) electrons. The van der Waals surface area contributed by atoms with Crippen molar-refractivity contribution in [2.24, 2.45) is 0 Å². The second kappa shape index (κ2) is 5.12. The smallest absolute Gasteiger partial charge is 0.358 e. The van der Waals surface area contributed by atoms with Gasteiger partial charge in [-0.1, -0.05) is 10.4 Å². The van der Waals surface area contributed by atoms with Crippen molar-refractivity contribution in [3.05, 3.63) is 41.9 Å². The molecule has 0 unspecified atom stereocenters. The maximum atomic E-state index is 11.3. The molecular formula is C12H10N6O3. The van der Waals surface area contributed by atoms with E-state index in [1.54, 1.807) is 31.5 Å². The lowest BCUT2D eigenvalue weighted by atomic mass is 10.1. The molecule has 21 heavy (non-hydrogen) atoms. The number of carboxylic acids is 1. The van der Waals surface area contributed by atoms with E-state index in [1.807, 2.05) is 0 Å². The molecular weight excluding hydrogens is 276 g/mol. The molecule has 3 aromatic heterocycles. The van der Waals surface area contributed by atoms with Crippen molar-refractivity contribution in [1.29, 1.82) is 0 Å². The second-order valence-corrected chi connectivity index (χ2v) is 4.21. The summed E-state index contributed by atoms with van der Waals surface area (Å²) in [7, 11) is 0. The summed E-state index contributed by atoms with van der Waals surface area (Å²) in [5.41, 5.74) is 0.876. The molecule has 0 aliphatic carbocycles. The van der Waals surface area contributed by atoms with Gasteiger partial charge in [0.2, 0.25) is 5.89 Å². The number of carbonyl (C=O) groups is 1. The van der Waals surface area contributed by atoms with Crippen molar-refractivity contribution in [2.75, 3.05) is 0 Å². The van der Waals surface area contributed by atoms with Crippen LogP contribution in [0.3, 0.4) is 0 Å². The summed E-state index contributed by atoms with van der Waals surface area (Å²) in [5, 5.41) is 20.6. The van der Waals surface area contributed by atoms with Crippen LogP contribution in [0.2, 0.25) is 0 Å². The first-order valence-electron chi connectivity index (χ1n) is 6.01. The summed E-state index contributed by atoms with van der Waals surface area (Å²) in [6.07, 6.45) is 3.13. The third kappa shape index (κ3) is 2.48. The van der Waals surface area contributed by atoms with E-state index in [-0.39, 0.29) is 12.2 Å². The third-order valence-electron chi connectivity index (χ3n) is 2.75. The Morgan fingerprint density at radius 2 is 2.14 bits per heavy atom. The van der Waals surface area contributed by atoms with E-state index in [0.29, 0.717) is 23.0 Å². The number of aromatic nitrogens is 6. The molecule has 0 spiro atoms. The van der Waals surface area contributed by atoms with E-state index in [4.69, 9.17) is 4.52 Å². The molecule has 0 amide bonds. The van der Waals surface area contributed by atoms with Crippen LogP contribution in [0.5, 0.6) is 0 Å². The average Bonchev–Trinajstić information content (AvgIpc) is 3.07. The molecule has 1 N–H and O–H groups in total. The van der Waals surface area contributed by atoms with Gasteiger partial charge in [-0.3, -0.25) is 4.98 Å². The van der Waals surface area contributed by atoms with Crippen molar-refractivity contribution in [3.63, 3.8) is 0 Å².